The Bertz CT molecular complexity index is 756. The van der Waals surface area contributed by atoms with Gasteiger partial charge in [-0.2, -0.15) is 0 Å². The van der Waals surface area contributed by atoms with Crippen LogP contribution in [0.1, 0.15) is 174 Å². The van der Waals surface area contributed by atoms with Gasteiger partial charge in [0.25, 0.3) is 0 Å². The van der Waals surface area contributed by atoms with Crippen LogP contribution in [0.3, 0.4) is 0 Å². The zero-order valence-corrected chi connectivity index (χ0v) is 28.3. The molecule has 0 aromatic carbocycles. The molecule has 1 saturated heterocycles. The molecule has 7 heteroatoms. The van der Waals surface area contributed by atoms with Crippen LogP contribution in [-0.2, 0) is 14.3 Å². The number of hydrogen-bond acceptors (Lipinski definition) is 7. The van der Waals surface area contributed by atoms with Crippen LogP contribution in [0, 0.1) is 0 Å². The molecular weight excluding hydrogens is 556 g/mol. The molecule has 0 radical (unpaired) electrons. The van der Waals surface area contributed by atoms with Crippen molar-refractivity contribution in [2.75, 3.05) is 0 Å². The van der Waals surface area contributed by atoms with Gasteiger partial charge in [0, 0.05) is 12.0 Å². The SMILES string of the molecule is CCCCCCCCCCCC[C@H](O)[C@H]1CC[C@H]([C@H](O)CC[C@H](O)CCCCCCCCC[C@@H](O)CC2=C[C@H](C)OC2=O)O1. The first kappa shape index (κ1) is 39.2. The summed E-state index contributed by atoms with van der Waals surface area (Å²) in [6.45, 7) is 4.09. The van der Waals surface area contributed by atoms with E-state index < -0.39 is 18.3 Å². The number of hydrogen-bond donors (Lipinski definition) is 4. The highest BCUT2D eigenvalue weighted by Crippen LogP contribution is 2.28. The van der Waals surface area contributed by atoms with E-state index in [0.717, 1.165) is 77.0 Å². The second-order valence-corrected chi connectivity index (χ2v) is 13.8. The van der Waals surface area contributed by atoms with Crippen LogP contribution >= 0.6 is 0 Å². The van der Waals surface area contributed by atoms with E-state index in [1.54, 1.807) is 6.08 Å². The van der Waals surface area contributed by atoms with Gasteiger partial charge in [-0.3, -0.25) is 0 Å². The number of carbonyl (C=O) groups is 1. The zero-order valence-electron chi connectivity index (χ0n) is 28.3. The fourth-order valence-electron chi connectivity index (χ4n) is 6.76. The average molecular weight is 625 g/mol. The molecule has 4 N–H and O–H groups in total. The lowest BCUT2D eigenvalue weighted by Crippen LogP contribution is -2.31. The second kappa shape index (κ2) is 24.2. The molecule has 0 amide bonds. The number of rotatable bonds is 28. The molecule has 0 bridgehead atoms. The van der Waals surface area contributed by atoms with Crippen molar-refractivity contribution in [2.45, 2.75) is 217 Å². The monoisotopic (exact) mass is 624 g/mol. The van der Waals surface area contributed by atoms with Crippen LogP contribution in [0.15, 0.2) is 11.6 Å². The Morgan fingerprint density at radius 2 is 1.09 bits per heavy atom. The summed E-state index contributed by atoms with van der Waals surface area (Å²) in [6, 6.07) is 0. The van der Waals surface area contributed by atoms with Gasteiger partial charge in [-0.1, -0.05) is 116 Å². The predicted octanol–water partition coefficient (Wildman–Crippen LogP) is 7.84. The Balaban J connectivity index is 1.39. The van der Waals surface area contributed by atoms with Gasteiger partial charge in [-0.05, 0) is 57.9 Å². The van der Waals surface area contributed by atoms with Crippen molar-refractivity contribution < 1.29 is 34.7 Å². The highest BCUT2D eigenvalue weighted by atomic mass is 16.5. The minimum Gasteiger partial charge on any atom is -0.455 e. The van der Waals surface area contributed by atoms with Gasteiger partial charge in [0.05, 0.1) is 36.6 Å². The van der Waals surface area contributed by atoms with Gasteiger partial charge < -0.3 is 29.9 Å². The van der Waals surface area contributed by atoms with Crippen LogP contribution in [0.4, 0.5) is 0 Å². The first-order valence-corrected chi connectivity index (χ1v) is 18.6. The Hall–Kier alpha value is -0.990. The third-order valence-corrected chi connectivity index (χ3v) is 9.61. The molecule has 2 aliphatic rings. The molecule has 0 unspecified atom stereocenters. The third kappa shape index (κ3) is 17.6. The van der Waals surface area contributed by atoms with Crippen molar-refractivity contribution >= 4 is 5.97 Å². The lowest BCUT2D eigenvalue weighted by atomic mass is 9.99. The maximum absolute atomic E-state index is 11.6. The predicted molar refractivity (Wildman–Crippen MR) is 177 cm³/mol. The lowest BCUT2D eigenvalue weighted by molar-refractivity contribution is -0.139. The van der Waals surface area contributed by atoms with Gasteiger partial charge in [0.2, 0.25) is 0 Å². The summed E-state index contributed by atoms with van der Waals surface area (Å²) in [4.78, 5) is 11.6. The topological polar surface area (TPSA) is 116 Å². The molecular formula is C37H68O7. The number of aliphatic hydroxyl groups excluding tert-OH is 4. The van der Waals surface area contributed by atoms with Crippen molar-refractivity contribution in [1.82, 2.24) is 0 Å². The van der Waals surface area contributed by atoms with Gasteiger partial charge in [-0.15, -0.1) is 0 Å². The summed E-state index contributed by atoms with van der Waals surface area (Å²) < 4.78 is 11.1. The summed E-state index contributed by atoms with van der Waals surface area (Å²) >= 11 is 0. The Kier molecular flexibility index (Phi) is 21.6. The smallest absolute Gasteiger partial charge is 0.334 e. The summed E-state index contributed by atoms with van der Waals surface area (Å²) in [5.74, 6) is -0.292. The van der Waals surface area contributed by atoms with E-state index in [-0.39, 0.29) is 30.4 Å². The minimum absolute atomic E-state index is 0.164. The summed E-state index contributed by atoms with van der Waals surface area (Å²) in [5, 5.41) is 41.8. The van der Waals surface area contributed by atoms with E-state index in [9.17, 15) is 25.2 Å². The molecule has 0 spiro atoms. The molecule has 7 atom stereocenters. The van der Waals surface area contributed by atoms with E-state index in [4.69, 9.17) is 9.47 Å². The highest BCUT2D eigenvalue weighted by molar-refractivity contribution is 5.90. The van der Waals surface area contributed by atoms with E-state index in [2.05, 4.69) is 6.92 Å². The Morgan fingerprint density at radius 3 is 1.59 bits per heavy atom. The molecule has 0 aromatic rings. The summed E-state index contributed by atoms with van der Waals surface area (Å²) in [7, 11) is 0. The van der Waals surface area contributed by atoms with Gasteiger partial charge in [0.1, 0.15) is 6.10 Å². The van der Waals surface area contributed by atoms with Crippen molar-refractivity contribution in [3.05, 3.63) is 11.6 Å². The summed E-state index contributed by atoms with van der Waals surface area (Å²) in [6.07, 6.45) is 25.1. The zero-order chi connectivity index (χ0) is 32.0. The number of carbonyl (C=O) groups excluding carboxylic acids is 1. The van der Waals surface area contributed by atoms with E-state index in [1.807, 2.05) is 6.92 Å². The Morgan fingerprint density at radius 1 is 0.636 bits per heavy atom. The fourth-order valence-corrected chi connectivity index (χ4v) is 6.76. The van der Waals surface area contributed by atoms with Crippen molar-refractivity contribution in [3.63, 3.8) is 0 Å². The fraction of sp³-hybridized carbons (Fsp3) is 0.919. The molecule has 2 aliphatic heterocycles. The van der Waals surface area contributed by atoms with E-state index >= 15 is 0 Å². The number of esters is 1. The van der Waals surface area contributed by atoms with E-state index in [0.29, 0.717) is 31.3 Å². The molecule has 0 aromatic heterocycles. The maximum Gasteiger partial charge on any atom is 0.334 e. The largest absolute Gasteiger partial charge is 0.455 e. The normalized spacial score (nSPS) is 23.0. The second-order valence-electron chi connectivity index (χ2n) is 13.8. The number of aliphatic hydroxyl groups is 4. The molecule has 44 heavy (non-hydrogen) atoms. The minimum atomic E-state index is -0.579. The quantitative estimate of drug-likeness (QED) is 0.0518. The molecule has 7 nitrogen and oxygen atoms in total. The maximum atomic E-state index is 11.6. The number of unbranched alkanes of at least 4 members (excludes halogenated alkanes) is 15. The standard InChI is InChI=1S/C37H68O7/c1-3-4-5-6-7-8-9-13-16-19-22-33(40)35-25-26-36(44-35)34(41)24-23-31(38)20-17-14-11-10-12-15-18-21-32(39)28-30-27-29(2)43-37(30)42/h27,29,31-36,38-41H,3-26,28H2,1-2H3/t29-,31+,32+,33-,34+,35+,36+/m0/s1. The molecule has 1 fully saturated rings. The van der Waals surface area contributed by atoms with Gasteiger partial charge in [-0.25, -0.2) is 4.79 Å². The van der Waals surface area contributed by atoms with Crippen molar-refractivity contribution in [2.24, 2.45) is 0 Å². The van der Waals surface area contributed by atoms with Gasteiger partial charge >= 0.3 is 5.97 Å². The molecule has 258 valence electrons. The summed E-state index contributed by atoms with van der Waals surface area (Å²) in [5.41, 5.74) is 0.604. The molecule has 0 aliphatic carbocycles. The van der Waals surface area contributed by atoms with Crippen LogP contribution in [0.2, 0.25) is 0 Å². The van der Waals surface area contributed by atoms with Crippen LogP contribution in [0.5, 0.6) is 0 Å². The van der Waals surface area contributed by atoms with Crippen LogP contribution in [-0.4, -0.2) is 69.1 Å². The first-order chi connectivity index (χ1) is 21.3. The third-order valence-electron chi connectivity index (χ3n) is 9.61. The molecule has 0 saturated carbocycles. The van der Waals surface area contributed by atoms with Crippen LogP contribution in [0.25, 0.3) is 0 Å². The first-order valence-electron chi connectivity index (χ1n) is 18.6. The lowest BCUT2D eigenvalue weighted by Gasteiger charge is -2.23. The molecule has 2 heterocycles. The number of ether oxygens (including phenoxy) is 2. The van der Waals surface area contributed by atoms with E-state index in [1.165, 1.54) is 57.8 Å². The average Bonchev–Trinajstić information content (AvgIpc) is 3.62. The van der Waals surface area contributed by atoms with Crippen LogP contribution < -0.4 is 0 Å². The molecule has 2 rings (SSSR count). The number of cyclic esters (lactones) is 1. The highest BCUT2D eigenvalue weighted by Gasteiger charge is 2.34. The van der Waals surface area contributed by atoms with Crippen molar-refractivity contribution in [3.8, 4) is 0 Å². The Labute approximate surface area is 269 Å². The van der Waals surface area contributed by atoms with Gasteiger partial charge in [0.15, 0.2) is 0 Å². The van der Waals surface area contributed by atoms with Crippen molar-refractivity contribution in [1.29, 1.82) is 0 Å².